The molecule has 0 unspecified atom stereocenters. The van der Waals surface area contributed by atoms with Crippen molar-refractivity contribution in [3.63, 3.8) is 0 Å². The zero-order valence-electron chi connectivity index (χ0n) is 11.1. The Labute approximate surface area is 121 Å². The summed E-state index contributed by atoms with van der Waals surface area (Å²) in [6.45, 7) is 2.72. The highest BCUT2D eigenvalue weighted by Gasteiger charge is 2.29. The molecule has 1 saturated carbocycles. The number of benzene rings is 1. The first-order valence-electron chi connectivity index (χ1n) is 6.43. The van der Waals surface area contributed by atoms with E-state index in [9.17, 15) is 0 Å². The molecule has 0 amide bonds. The van der Waals surface area contributed by atoms with Crippen LogP contribution in [-0.4, -0.2) is 17.2 Å². The van der Waals surface area contributed by atoms with E-state index in [1.165, 1.54) is 18.4 Å². The number of hydrogen-bond acceptors (Lipinski definition) is 4. The molecule has 1 heterocycles. The zero-order chi connectivity index (χ0) is 13.4. The summed E-state index contributed by atoms with van der Waals surface area (Å²) in [5.41, 5.74) is 2.36. The molecule has 0 bridgehead atoms. The lowest BCUT2D eigenvalue weighted by Gasteiger charge is -2.17. The Morgan fingerprint density at radius 2 is 2.16 bits per heavy atom. The minimum Gasteiger partial charge on any atom is -0.423 e. The van der Waals surface area contributed by atoms with Crippen molar-refractivity contribution in [1.82, 2.24) is 10.2 Å². The van der Waals surface area contributed by atoms with Crippen molar-refractivity contribution in [2.24, 2.45) is 0 Å². The van der Waals surface area contributed by atoms with E-state index in [1.54, 1.807) is 0 Å². The molecule has 0 saturated heterocycles. The maximum absolute atomic E-state index is 5.68. The number of nitrogens with zero attached hydrogens (tertiary/aromatic N) is 3. The molecule has 1 aliphatic carbocycles. The van der Waals surface area contributed by atoms with Crippen LogP contribution < -0.4 is 4.90 Å². The van der Waals surface area contributed by atoms with Crippen LogP contribution in [-0.2, 0) is 6.54 Å². The molecule has 1 aromatic heterocycles. The standard InChI is InChI=1S/C14H16BrN3O/c1-9-7-11(5-6-12(9)15)18(2)8-13-16-17-14(19-13)10-3-4-10/h5-7,10H,3-4,8H2,1-2H3. The molecule has 19 heavy (non-hydrogen) atoms. The quantitative estimate of drug-likeness (QED) is 0.862. The molecular formula is C14H16BrN3O. The van der Waals surface area contributed by atoms with Crippen molar-refractivity contribution in [3.8, 4) is 0 Å². The van der Waals surface area contributed by atoms with Crippen molar-refractivity contribution in [1.29, 1.82) is 0 Å². The fourth-order valence-electron chi connectivity index (χ4n) is 1.99. The van der Waals surface area contributed by atoms with Gasteiger partial charge in [-0.25, -0.2) is 0 Å². The predicted octanol–water partition coefficient (Wildman–Crippen LogP) is 3.65. The summed E-state index contributed by atoms with van der Waals surface area (Å²) < 4.78 is 6.80. The van der Waals surface area contributed by atoms with E-state index in [0.717, 1.165) is 16.1 Å². The van der Waals surface area contributed by atoms with Crippen LogP contribution >= 0.6 is 15.9 Å². The van der Waals surface area contributed by atoms with Gasteiger partial charge in [-0.15, -0.1) is 10.2 Å². The van der Waals surface area contributed by atoms with Crippen LogP contribution in [0.1, 0.15) is 36.1 Å². The Morgan fingerprint density at radius 3 is 2.84 bits per heavy atom. The Balaban J connectivity index is 1.72. The molecular weight excluding hydrogens is 306 g/mol. The van der Waals surface area contributed by atoms with Gasteiger partial charge in [0.2, 0.25) is 11.8 Å². The summed E-state index contributed by atoms with van der Waals surface area (Å²) in [6, 6.07) is 6.28. The van der Waals surface area contributed by atoms with Gasteiger partial charge in [-0.2, -0.15) is 0 Å². The van der Waals surface area contributed by atoms with E-state index in [1.807, 2.05) is 7.05 Å². The molecule has 3 rings (SSSR count). The average Bonchev–Trinajstić information content (AvgIpc) is 3.14. The van der Waals surface area contributed by atoms with Crippen molar-refractivity contribution in [2.75, 3.05) is 11.9 Å². The first kappa shape index (κ1) is 12.7. The lowest BCUT2D eigenvalue weighted by molar-refractivity contribution is 0.449. The van der Waals surface area contributed by atoms with E-state index in [2.05, 4.69) is 56.2 Å². The maximum atomic E-state index is 5.68. The first-order chi connectivity index (χ1) is 9.13. The second-order valence-corrected chi connectivity index (χ2v) is 5.95. The highest BCUT2D eigenvalue weighted by atomic mass is 79.9. The number of halogens is 1. The number of rotatable bonds is 4. The van der Waals surface area contributed by atoms with Crippen molar-refractivity contribution in [2.45, 2.75) is 32.2 Å². The molecule has 5 heteroatoms. The van der Waals surface area contributed by atoms with Gasteiger partial charge in [0.25, 0.3) is 0 Å². The van der Waals surface area contributed by atoms with Gasteiger partial charge in [-0.1, -0.05) is 15.9 Å². The largest absolute Gasteiger partial charge is 0.423 e. The topological polar surface area (TPSA) is 42.2 Å². The van der Waals surface area contributed by atoms with E-state index in [4.69, 9.17) is 4.42 Å². The van der Waals surface area contributed by atoms with E-state index in [-0.39, 0.29) is 0 Å². The minimum atomic E-state index is 0.515. The van der Waals surface area contributed by atoms with Crippen LogP contribution in [0.4, 0.5) is 5.69 Å². The molecule has 100 valence electrons. The third-order valence-corrected chi connectivity index (χ3v) is 4.25. The Hall–Kier alpha value is -1.36. The average molecular weight is 322 g/mol. The summed E-state index contributed by atoms with van der Waals surface area (Å²) >= 11 is 3.51. The summed E-state index contributed by atoms with van der Waals surface area (Å²) in [6.07, 6.45) is 2.37. The van der Waals surface area contributed by atoms with Crippen molar-refractivity contribution >= 4 is 21.6 Å². The van der Waals surface area contributed by atoms with Crippen LogP contribution in [0.3, 0.4) is 0 Å². The Kier molecular flexibility index (Phi) is 3.31. The summed E-state index contributed by atoms with van der Waals surface area (Å²) in [7, 11) is 2.03. The maximum Gasteiger partial charge on any atom is 0.235 e. The van der Waals surface area contributed by atoms with Crippen LogP contribution in [0.15, 0.2) is 27.1 Å². The highest BCUT2D eigenvalue weighted by molar-refractivity contribution is 9.10. The van der Waals surface area contributed by atoms with Crippen LogP contribution in [0.2, 0.25) is 0 Å². The smallest absolute Gasteiger partial charge is 0.235 e. The summed E-state index contributed by atoms with van der Waals surface area (Å²) in [5, 5.41) is 8.22. The summed E-state index contributed by atoms with van der Waals surface area (Å²) in [5.74, 6) is 2.00. The second-order valence-electron chi connectivity index (χ2n) is 5.10. The molecule has 0 N–H and O–H groups in total. The Morgan fingerprint density at radius 1 is 1.37 bits per heavy atom. The molecule has 0 radical (unpaired) electrons. The van der Waals surface area contributed by atoms with Gasteiger partial charge in [0, 0.05) is 23.1 Å². The monoisotopic (exact) mass is 321 g/mol. The van der Waals surface area contributed by atoms with Crippen LogP contribution in [0.5, 0.6) is 0 Å². The zero-order valence-corrected chi connectivity index (χ0v) is 12.6. The minimum absolute atomic E-state index is 0.515. The number of hydrogen-bond donors (Lipinski definition) is 0. The number of anilines is 1. The molecule has 1 aliphatic rings. The number of aryl methyl sites for hydroxylation is 1. The fraction of sp³-hybridized carbons (Fsp3) is 0.429. The third kappa shape index (κ3) is 2.81. The molecule has 0 spiro atoms. The van der Waals surface area contributed by atoms with Crippen molar-refractivity contribution in [3.05, 3.63) is 40.0 Å². The van der Waals surface area contributed by atoms with E-state index < -0.39 is 0 Å². The summed E-state index contributed by atoms with van der Waals surface area (Å²) in [4.78, 5) is 2.11. The third-order valence-electron chi connectivity index (χ3n) is 3.36. The normalized spacial score (nSPS) is 14.7. The molecule has 1 aromatic carbocycles. The number of aromatic nitrogens is 2. The highest BCUT2D eigenvalue weighted by Crippen LogP contribution is 2.39. The van der Waals surface area contributed by atoms with Gasteiger partial charge in [0.15, 0.2) is 0 Å². The SMILES string of the molecule is Cc1cc(N(C)Cc2nnc(C3CC3)o2)ccc1Br. The van der Waals surface area contributed by atoms with Gasteiger partial charge < -0.3 is 9.32 Å². The van der Waals surface area contributed by atoms with Crippen LogP contribution in [0, 0.1) is 6.92 Å². The van der Waals surface area contributed by atoms with Gasteiger partial charge in [0.1, 0.15) is 0 Å². The van der Waals surface area contributed by atoms with Gasteiger partial charge >= 0.3 is 0 Å². The first-order valence-corrected chi connectivity index (χ1v) is 7.22. The predicted molar refractivity (Wildman–Crippen MR) is 77.3 cm³/mol. The van der Waals surface area contributed by atoms with Crippen molar-refractivity contribution < 1.29 is 4.42 Å². The molecule has 2 aromatic rings. The van der Waals surface area contributed by atoms with Gasteiger partial charge in [0.05, 0.1) is 6.54 Å². The van der Waals surface area contributed by atoms with E-state index >= 15 is 0 Å². The molecule has 1 fully saturated rings. The Bertz CT molecular complexity index is 592. The van der Waals surface area contributed by atoms with Crippen LogP contribution in [0.25, 0.3) is 0 Å². The second kappa shape index (κ2) is 4.96. The molecule has 0 aliphatic heterocycles. The molecule has 4 nitrogen and oxygen atoms in total. The molecule has 0 atom stereocenters. The lowest BCUT2D eigenvalue weighted by atomic mass is 10.2. The van der Waals surface area contributed by atoms with Gasteiger partial charge in [-0.05, 0) is 43.5 Å². The van der Waals surface area contributed by atoms with E-state index in [0.29, 0.717) is 18.4 Å². The lowest BCUT2D eigenvalue weighted by Crippen LogP contribution is -2.16. The van der Waals surface area contributed by atoms with Gasteiger partial charge in [-0.3, -0.25) is 0 Å². The fourth-order valence-corrected chi connectivity index (χ4v) is 2.23.